The van der Waals surface area contributed by atoms with E-state index in [2.05, 4.69) is 5.32 Å². The predicted octanol–water partition coefficient (Wildman–Crippen LogP) is 2.81. The van der Waals surface area contributed by atoms with Gasteiger partial charge in [0.2, 0.25) is 5.91 Å². The van der Waals surface area contributed by atoms with Gasteiger partial charge in [-0.25, -0.2) is 0 Å². The van der Waals surface area contributed by atoms with Crippen LogP contribution in [0.2, 0.25) is 0 Å². The molecule has 9 nitrogen and oxygen atoms in total. The van der Waals surface area contributed by atoms with E-state index in [-0.39, 0.29) is 22.6 Å². The highest BCUT2D eigenvalue weighted by Gasteiger charge is 2.41. The molecular formula is C20H17N3O6. The Hall–Kier alpha value is -3.88. The van der Waals surface area contributed by atoms with Crippen molar-refractivity contribution in [2.45, 2.75) is 19.8 Å². The number of benzene rings is 2. The van der Waals surface area contributed by atoms with Gasteiger partial charge in [-0.2, -0.15) is 0 Å². The van der Waals surface area contributed by atoms with Gasteiger partial charge in [-0.1, -0.05) is 13.0 Å². The van der Waals surface area contributed by atoms with Gasteiger partial charge < -0.3 is 5.32 Å². The topological polar surface area (TPSA) is 127 Å². The average Bonchev–Trinajstić information content (AvgIpc) is 2.93. The number of imide groups is 1. The summed E-state index contributed by atoms with van der Waals surface area (Å²) in [5, 5.41) is 13.8. The van der Waals surface area contributed by atoms with E-state index in [9.17, 15) is 29.3 Å². The molecule has 0 saturated heterocycles. The van der Waals surface area contributed by atoms with Crippen LogP contribution in [0, 0.1) is 10.1 Å². The van der Waals surface area contributed by atoms with Crippen molar-refractivity contribution in [2.24, 2.45) is 0 Å². The molecule has 1 N–H and O–H groups in total. The highest BCUT2D eigenvalue weighted by Crippen LogP contribution is 2.30. The molecule has 0 aromatic heterocycles. The number of nitrogens with zero attached hydrogens (tertiary/aromatic N) is 2. The molecule has 2 aromatic rings. The number of fused-ring (bicyclic) bond motifs is 1. The van der Waals surface area contributed by atoms with Crippen LogP contribution in [-0.4, -0.2) is 39.9 Å². The van der Waals surface area contributed by atoms with Crippen molar-refractivity contribution in [1.82, 2.24) is 4.90 Å². The molecule has 148 valence electrons. The normalized spacial score (nSPS) is 12.7. The maximum atomic E-state index is 12.5. The van der Waals surface area contributed by atoms with Gasteiger partial charge in [0, 0.05) is 23.7 Å². The fourth-order valence-corrected chi connectivity index (χ4v) is 3.04. The SMILES string of the molecule is CCCC(=O)Nc1ccc(C(=O)CN2C(=O)c3cccc([N+](=O)[O-])c3C2=O)cc1. The summed E-state index contributed by atoms with van der Waals surface area (Å²) < 4.78 is 0. The Morgan fingerprint density at radius 3 is 2.38 bits per heavy atom. The first-order valence-electron chi connectivity index (χ1n) is 8.90. The lowest BCUT2D eigenvalue weighted by Gasteiger charge is -2.13. The zero-order chi connectivity index (χ0) is 21.1. The Kier molecular flexibility index (Phi) is 5.49. The Labute approximate surface area is 165 Å². The van der Waals surface area contributed by atoms with Gasteiger partial charge in [0.25, 0.3) is 17.5 Å². The molecule has 1 aliphatic heterocycles. The van der Waals surface area contributed by atoms with E-state index in [4.69, 9.17) is 0 Å². The minimum absolute atomic E-state index is 0.0917. The monoisotopic (exact) mass is 395 g/mol. The number of hydrogen-bond donors (Lipinski definition) is 1. The number of anilines is 1. The minimum atomic E-state index is -0.867. The van der Waals surface area contributed by atoms with Crippen LogP contribution in [0.1, 0.15) is 50.8 Å². The van der Waals surface area contributed by atoms with Crippen LogP contribution in [0.25, 0.3) is 0 Å². The third-order valence-electron chi connectivity index (χ3n) is 4.44. The summed E-state index contributed by atoms with van der Waals surface area (Å²) in [6.45, 7) is 1.35. The largest absolute Gasteiger partial charge is 0.326 e. The summed E-state index contributed by atoms with van der Waals surface area (Å²) in [5.74, 6) is -2.26. The van der Waals surface area contributed by atoms with Crippen LogP contribution in [-0.2, 0) is 4.79 Å². The van der Waals surface area contributed by atoms with Gasteiger partial charge in [-0.05, 0) is 36.8 Å². The van der Waals surface area contributed by atoms with Gasteiger partial charge in [0.1, 0.15) is 5.56 Å². The van der Waals surface area contributed by atoms with Crippen LogP contribution >= 0.6 is 0 Å². The molecule has 2 aromatic carbocycles. The van der Waals surface area contributed by atoms with E-state index in [1.54, 1.807) is 12.1 Å². The summed E-state index contributed by atoms with van der Waals surface area (Å²) in [7, 11) is 0. The molecule has 9 heteroatoms. The molecule has 29 heavy (non-hydrogen) atoms. The molecule has 0 fully saturated rings. The molecule has 0 atom stereocenters. The van der Waals surface area contributed by atoms with Crippen molar-refractivity contribution in [1.29, 1.82) is 0 Å². The average molecular weight is 395 g/mol. The maximum absolute atomic E-state index is 12.5. The number of carbonyl (C=O) groups excluding carboxylic acids is 4. The number of nitro groups is 1. The van der Waals surface area contributed by atoms with Crippen LogP contribution in [0.15, 0.2) is 42.5 Å². The van der Waals surface area contributed by atoms with Crippen molar-refractivity contribution in [3.05, 3.63) is 69.3 Å². The zero-order valence-electron chi connectivity index (χ0n) is 15.5. The highest BCUT2D eigenvalue weighted by molar-refractivity contribution is 6.24. The minimum Gasteiger partial charge on any atom is -0.326 e. The maximum Gasteiger partial charge on any atom is 0.282 e. The summed E-state index contributed by atoms with van der Waals surface area (Å²) in [6.07, 6.45) is 1.09. The summed E-state index contributed by atoms with van der Waals surface area (Å²) in [5.41, 5.74) is -0.0980. The van der Waals surface area contributed by atoms with Crippen LogP contribution in [0.3, 0.4) is 0 Å². The highest BCUT2D eigenvalue weighted by atomic mass is 16.6. The van der Waals surface area contributed by atoms with Gasteiger partial charge in [-0.15, -0.1) is 0 Å². The summed E-state index contributed by atoms with van der Waals surface area (Å²) >= 11 is 0. The lowest BCUT2D eigenvalue weighted by atomic mass is 10.1. The molecular weight excluding hydrogens is 378 g/mol. The quantitative estimate of drug-likeness (QED) is 0.332. The van der Waals surface area contributed by atoms with E-state index in [0.29, 0.717) is 23.4 Å². The molecule has 0 bridgehead atoms. The van der Waals surface area contributed by atoms with E-state index >= 15 is 0 Å². The van der Waals surface area contributed by atoms with Gasteiger partial charge in [-0.3, -0.25) is 34.2 Å². The summed E-state index contributed by atoms with van der Waals surface area (Å²) in [4.78, 5) is 60.3. The van der Waals surface area contributed by atoms with Crippen molar-refractivity contribution in [3.8, 4) is 0 Å². The smallest absolute Gasteiger partial charge is 0.282 e. The van der Waals surface area contributed by atoms with Crippen LogP contribution < -0.4 is 5.32 Å². The van der Waals surface area contributed by atoms with Crippen molar-refractivity contribution in [2.75, 3.05) is 11.9 Å². The second-order valence-corrected chi connectivity index (χ2v) is 6.45. The molecule has 1 heterocycles. The summed E-state index contributed by atoms with van der Waals surface area (Å²) in [6, 6.07) is 9.83. The third-order valence-corrected chi connectivity index (χ3v) is 4.44. The molecule has 3 amide bonds. The molecule has 0 radical (unpaired) electrons. The van der Waals surface area contributed by atoms with E-state index in [0.717, 1.165) is 6.07 Å². The van der Waals surface area contributed by atoms with Gasteiger partial charge in [0.05, 0.1) is 17.0 Å². The Morgan fingerprint density at radius 1 is 1.07 bits per heavy atom. The lowest BCUT2D eigenvalue weighted by Crippen LogP contribution is -2.35. The number of amides is 3. The Morgan fingerprint density at radius 2 is 1.76 bits per heavy atom. The number of carbonyl (C=O) groups is 4. The first-order valence-corrected chi connectivity index (χ1v) is 8.90. The zero-order valence-corrected chi connectivity index (χ0v) is 15.5. The molecule has 0 spiro atoms. The van der Waals surface area contributed by atoms with E-state index < -0.39 is 34.8 Å². The number of rotatable bonds is 7. The molecule has 0 aliphatic carbocycles. The standard InChI is InChI=1S/C20H17N3O6/c1-2-4-17(25)21-13-9-7-12(8-10-13)16(24)11-22-19(26)14-5-3-6-15(23(28)29)18(14)20(22)27/h3,5-10H,2,4,11H2,1H3,(H,21,25). The van der Waals surface area contributed by atoms with Crippen molar-refractivity contribution >= 4 is 34.9 Å². The molecule has 0 unspecified atom stereocenters. The molecule has 1 aliphatic rings. The third kappa shape index (κ3) is 3.88. The van der Waals surface area contributed by atoms with E-state index in [1.165, 1.54) is 24.3 Å². The van der Waals surface area contributed by atoms with E-state index in [1.807, 2.05) is 6.92 Å². The molecule has 3 rings (SSSR count). The Bertz CT molecular complexity index is 1030. The number of Topliss-reactive ketones (excluding diaryl/α,β-unsaturated/α-hetero) is 1. The van der Waals surface area contributed by atoms with Gasteiger partial charge >= 0.3 is 0 Å². The number of nitro benzene ring substituents is 1. The first-order chi connectivity index (χ1) is 13.8. The van der Waals surface area contributed by atoms with Crippen molar-refractivity contribution in [3.63, 3.8) is 0 Å². The number of ketones is 1. The second kappa shape index (κ2) is 8.01. The second-order valence-electron chi connectivity index (χ2n) is 6.45. The molecule has 0 saturated carbocycles. The Balaban J connectivity index is 1.75. The number of nitrogens with one attached hydrogen (secondary N) is 1. The predicted molar refractivity (Wildman–Crippen MR) is 103 cm³/mol. The van der Waals surface area contributed by atoms with Crippen molar-refractivity contribution < 1.29 is 24.1 Å². The lowest BCUT2D eigenvalue weighted by molar-refractivity contribution is -0.385. The van der Waals surface area contributed by atoms with Crippen LogP contribution in [0.4, 0.5) is 11.4 Å². The fourth-order valence-electron chi connectivity index (χ4n) is 3.04. The van der Waals surface area contributed by atoms with Gasteiger partial charge in [0.15, 0.2) is 5.78 Å². The number of hydrogen-bond acceptors (Lipinski definition) is 6. The fraction of sp³-hybridized carbons (Fsp3) is 0.200. The van der Waals surface area contributed by atoms with Crippen LogP contribution in [0.5, 0.6) is 0 Å². The first kappa shape index (κ1) is 19.9.